The predicted molar refractivity (Wildman–Crippen MR) is 98.3 cm³/mol. The van der Waals surface area contributed by atoms with Crippen LogP contribution in [0.15, 0.2) is 61.1 Å². The van der Waals surface area contributed by atoms with Gasteiger partial charge in [-0.1, -0.05) is 18.2 Å². The molecule has 1 aliphatic heterocycles. The van der Waals surface area contributed by atoms with Crippen molar-refractivity contribution in [2.45, 2.75) is 5.92 Å². The molecule has 0 saturated heterocycles. The van der Waals surface area contributed by atoms with Crippen molar-refractivity contribution in [3.8, 4) is 11.8 Å². The van der Waals surface area contributed by atoms with E-state index in [0.29, 0.717) is 28.0 Å². The Morgan fingerprint density at radius 3 is 2.78 bits per heavy atom. The summed E-state index contributed by atoms with van der Waals surface area (Å²) in [6, 6.07) is 17.0. The van der Waals surface area contributed by atoms with E-state index in [-0.39, 0.29) is 5.91 Å². The molecule has 0 fully saturated rings. The van der Waals surface area contributed by atoms with Gasteiger partial charge in [0.1, 0.15) is 12.2 Å². The van der Waals surface area contributed by atoms with Gasteiger partial charge in [0.25, 0.3) is 0 Å². The number of fused-ring (bicyclic) bond motifs is 2. The minimum absolute atomic E-state index is 0.174. The Labute approximate surface area is 153 Å². The van der Waals surface area contributed by atoms with Gasteiger partial charge in [-0.3, -0.25) is 4.79 Å². The highest BCUT2D eigenvalue weighted by Crippen LogP contribution is 2.38. The van der Waals surface area contributed by atoms with Crippen LogP contribution in [0.2, 0.25) is 0 Å². The normalized spacial score (nSPS) is 15.4. The van der Waals surface area contributed by atoms with Crippen LogP contribution >= 0.6 is 0 Å². The molecule has 0 spiro atoms. The van der Waals surface area contributed by atoms with Gasteiger partial charge in [-0.15, -0.1) is 5.10 Å². The van der Waals surface area contributed by atoms with Crippen molar-refractivity contribution in [2.75, 3.05) is 5.32 Å². The van der Waals surface area contributed by atoms with Gasteiger partial charge in [-0.05, 0) is 35.9 Å². The molecule has 2 aromatic carbocycles. The van der Waals surface area contributed by atoms with Crippen molar-refractivity contribution < 1.29 is 4.79 Å². The highest BCUT2D eigenvalue weighted by molar-refractivity contribution is 6.06. The number of hydrogen-bond acceptors (Lipinski definition) is 5. The van der Waals surface area contributed by atoms with Crippen molar-refractivity contribution >= 4 is 22.6 Å². The fourth-order valence-corrected chi connectivity index (χ4v) is 3.40. The Morgan fingerprint density at radius 1 is 1.11 bits per heavy atom. The van der Waals surface area contributed by atoms with E-state index in [2.05, 4.69) is 26.5 Å². The second-order valence-corrected chi connectivity index (χ2v) is 6.24. The lowest BCUT2D eigenvalue weighted by molar-refractivity contribution is -0.116. The Bertz CT molecular complexity index is 1240. The number of nitrogens with one attached hydrogen (secondary N) is 1. The fraction of sp³-hybridized carbons (Fsp3) is 0.0500. The number of hydrogen-bond donors (Lipinski definition) is 1. The third kappa shape index (κ3) is 2.35. The number of aromatic nitrogens is 4. The van der Waals surface area contributed by atoms with Gasteiger partial charge < -0.3 is 5.32 Å². The van der Waals surface area contributed by atoms with Gasteiger partial charge in [0.05, 0.1) is 28.4 Å². The van der Waals surface area contributed by atoms with Gasteiger partial charge in [0.2, 0.25) is 5.91 Å². The summed E-state index contributed by atoms with van der Waals surface area (Å²) in [6.45, 7) is 0. The Balaban J connectivity index is 1.70. The third-order valence-corrected chi connectivity index (χ3v) is 4.65. The topological polar surface area (TPSA) is 96.5 Å². The molecule has 27 heavy (non-hydrogen) atoms. The molecule has 5 rings (SSSR count). The quantitative estimate of drug-likeness (QED) is 0.598. The molecule has 3 heterocycles. The van der Waals surface area contributed by atoms with Crippen LogP contribution in [-0.4, -0.2) is 25.7 Å². The highest BCUT2D eigenvalue weighted by atomic mass is 16.2. The molecule has 128 valence electrons. The van der Waals surface area contributed by atoms with E-state index in [9.17, 15) is 10.1 Å². The number of nitriles is 1. The largest absolute Gasteiger partial charge is 0.325 e. The molecule has 7 nitrogen and oxygen atoms in total. The molecule has 1 N–H and O–H groups in total. The number of benzene rings is 2. The fourth-order valence-electron chi connectivity index (χ4n) is 3.40. The summed E-state index contributed by atoms with van der Waals surface area (Å²) in [5.41, 5.74) is 3.93. The lowest BCUT2D eigenvalue weighted by Crippen LogP contribution is -2.14. The standard InChI is InChI=1S/C20H12N6O/c21-9-12-6-7-16-14(8-12)17(20(27)24-16)18-15-10-26(13-4-2-1-3-5-13)25-19(15)23-11-22-18/h1-8,10-11,17H,(H,24,27). The number of amides is 1. The first-order valence-electron chi connectivity index (χ1n) is 8.35. The van der Waals surface area contributed by atoms with Crippen LogP contribution in [0.4, 0.5) is 5.69 Å². The molecular formula is C20H12N6O. The Hall–Kier alpha value is -4.05. The summed E-state index contributed by atoms with van der Waals surface area (Å²) in [5.74, 6) is -0.778. The minimum Gasteiger partial charge on any atom is -0.325 e. The molecule has 1 amide bonds. The monoisotopic (exact) mass is 352 g/mol. The molecule has 4 aromatic rings. The van der Waals surface area contributed by atoms with E-state index in [1.807, 2.05) is 36.5 Å². The zero-order valence-electron chi connectivity index (χ0n) is 14.0. The summed E-state index contributed by atoms with van der Waals surface area (Å²) in [5, 5.41) is 17.3. The van der Waals surface area contributed by atoms with E-state index in [1.54, 1.807) is 22.9 Å². The number of nitrogens with zero attached hydrogens (tertiary/aromatic N) is 5. The lowest BCUT2D eigenvalue weighted by Gasteiger charge is -2.09. The second kappa shape index (κ2) is 5.75. The van der Waals surface area contributed by atoms with E-state index < -0.39 is 5.92 Å². The van der Waals surface area contributed by atoms with Crippen molar-refractivity contribution in [3.05, 3.63) is 77.9 Å². The van der Waals surface area contributed by atoms with Crippen LogP contribution in [0.5, 0.6) is 0 Å². The average Bonchev–Trinajstić information content (AvgIpc) is 3.28. The van der Waals surface area contributed by atoms with Crippen molar-refractivity contribution in [1.82, 2.24) is 19.7 Å². The summed E-state index contributed by atoms with van der Waals surface area (Å²) >= 11 is 0. The first-order valence-corrected chi connectivity index (χ1v) is 8.35. The summed E-state index contributed by atoms with van der Waals surface area (Å²) in [6.07, 6.45) is 3.25. The third-order valence-electron chi connectivity index (χ3n) is 4.65. The first-order chi connectivity index (χ1) is 13.2. The number of carbonyl (C=O) groups is 1. The smallest absolute Gasteiger partial charge is 0.238 e. The molecule has 1 atom stereocenters. The van der Waals surface area contributed by atoms with E-state index in [4.69, 9.17) is 0 Å². The van der Waals surface area contributed by atoms with Crippen LogP contribution < -0.4 is 5.32 Å². The van der Waals surface area contributed by atoms with E-state index >= 15 is 0 Å². The number of rotatable bonds is 2. The maximum atomic E-state index is 12.7. The van der Waals surface area contributed by atoms with Crippen molar-refractivity contribution in [1.29, 1.82) is 5.26 Å². The number of anilines is 1. The van der Waals surface area contributed by atoms with Gasteiger partial charge in [-0.25, -0.2) is 14.6 Å². The highest BCUT2D eigenvalue weighted by Gasteiger charge is 2.35. The van der Waals surface area contributed by atoms with Crippen LogP contribution in [0, 0.1) is 11.3 Å². The molecule has 7 heteroatoms. The minimum atomic E-state index is -0.604. The Morgan fingerprint density at radius 2 is 1.96 bits per heavy atom. The van der Waals surface area contributed by atoms with Crippen molar-refractivity contribution in [2.24, 2.45) is 0 Å². The summed E-state index contributed by atoms with van der Waals surface area (Å²) in [7, 11) is 0. The zero-order chi connectivity index (χ0) is 18.4. The molecule has 1 aliphatic rings. The van der Waals surface area contributed by atoms with Gasteiger partial charge in [0.15, 0.2) is 5.65 Å². The first kappa shape index (κ1) is 15.2. The SMILES string of the molecule is N#Cc1ccc2c(c1)C(c1ncnc3nn(-c4ccccc4)cc13)C(=O)N2. The van der Waals surface area contributed by atoms with Crippen LogP contribution in [0.25, 0.3) is 16.7 Å². The second-order valence-electron chi connectivity index (χ2n) is 6.24. The number of carbonyl (C=O) groups excluding carboxylic acids is 1. The van der Waals surface area contributed by atoms with Crippen LogP contribution in [-0.2, 0) is 4.79 Å². The van der Waals surface area contributed by atoms with Crippen LogP contribution in [0.3, 0.4) is 0 Å². The predicted octanol–water partition coefficient (Wildman–Crippen LogP) is 2.77. The van der Waals surface area contributed by atoms with E-state index in [0.717, 1.165) is 11.3 Å². The summed E-state index contributed by atoms with van der Waals surface area (Å²) < 4.78 is 1.72. The van der Waals surface area contributed by atoms with Gasteiger partial charge in [-0.2, -0.15) is 5.26 Å². The average molecular weight is 352 g/mol. The molecule has 1 unspecified atom stereocenters. The maximum absolute atomic E-state index is 12.7. The Kier molecular flexibility index (Phi) is 3.24. The van der Waals surface area contributed by atoms with Gasteiger partial charge in [0, 0.05) is 11.9 Å². The molecular weight excluding hydrogens is 340 g/mol. The lowest BCUT2D eigenvalue weighted by atomic mass is 9.94. The molecule has 0 aliphatic carbocycles. The molecule has 0 bridgehead atoms. The number of para-hydroxylation sites is 1. The molecule has 0 radical (unpaired) electrons. The van der Waals surface area contributed by atoms with Crippen molar-refractivity contribution in [3.63, 3.8) is 0 Å². The summed E-state index contributed by atoms with van der Waals surface area (Å²) in [4.78, 5) is 21.3. The van der Waals surface area contributed by atoms with Gasteiger partial charge >= 0.3 is 0 Å². The molecule has 0 saturated carbocycles. The molecule has 2 aromatic heterocycles. The van der Waals surface area contributed by atoms with Crippen LogP contribution in [0.1, 0.15) is 22.7 Å². The van der Waals surface area contributed by atoms with E-state index in [1.165, 1.54) is 6.33 Å². The zero-order valence-corrected chi connectivity index (χ0v) is 14.0. The maximum Gasteiger partial charge on any atom is 0.238 e.